The Morgan fingerprint density at radius 2 is 2.11 bits per heavy atom. The van der Waals surface area contributed by atoms with Gasteiger partial charge in [0.15, 0.2) is 0 Å². The third-order valence-electron chi connectivity index (χ3n) is 2.84. The number of carbonyl (C=O) groups excluding carboxylic acids is 2. The average molecular weight is 263 g/mol. The van der Waals surface area contributed by atoms with E-state index < -0.39 is 12.1 Å². The molecule has 1 heterocycles. The zero-order chi connectivity index (χ0) is 13.8. The predicted octanol–water partition coefficient (Wildman–Crippen LogP) is 1.75. The molecule has 0 saturated carbocycles. The second-order valence-corrected chi connectivity index (χ2v) is 4.21. The Labute approximate surface area is 112 Å². The van der Waals surface area contributed by atoms with E-state index in [1.807, 2.05) is 19.1 Å². The Balaban J connectivity index is 2.33. The van der Waals surface area contributed by atoms with Crippen LogP contribution >= 0.6 is 0 Å². The summed E-state index contributed by atoms with van der Waals surface area (Å²) in [6.07, 6.45) is -0.392. The molecule has 5 heteroatoms. The van der Waals surface area contributed by atoms with Gasteiger partial charge in [-0.1, -0.05) is 19.1 Å². The highest BCUT2D eigenvalue weighted by Gasteiger charge is 2.39. The monoisotopic (exact) mass is 263 g/mol. The second-order valence-electron chi connectivity index (χ2n) is 4.21. The van der Waals surface area contributed by atoms with E-state index in [0.29, 0.717) is 18.0 Å². The van der Waals surface area contributed by atoms with E-state index in [0.717, 1.165) is 6.42 Å². The largest absolute Gasteiger partial charge is 0.466 e. The van der Waals surface area contributed by atoms with Gasteiger partial charge in [0.1, 0.15) is 5.75 Å². The van der Waals surface area contributed by atoms with Crippen molar-refractivity contribution in [2.24, 2.45) is 0 Å². The SMILES string of the molecule is CCCN1C(=O)C(C(=O)OCC)Oc2ccccc21. The van der Waals surface area contributed by atoms with Crippen LogP contribution in [0.25, 0.3) is 0 Å². The van der Waals surface area contributed by atoms with E-state index in [1.165, 1.54) is 0 Å². The quantitative estimate of drug-likeness (QED) is 0.613. The number of anilines is 1. The number of nitrogens with zero attached hydrogens (tertiary/aromatic N) is 1. The van der Waals surface area contributed by atoms with Gasteiger partial charge in [-0.15, -0.1) is 0 Å². The topological polar surface area (TPSA) is 55.8 Å². The maximum absolute atomic E-state index is 12.3. The molecule has 1 amide bonds. The van der Waals surface area contributed by atoms with Crippen LogP contribution in [0, 0.1) is 0 Å². The van der Waals surface area contributed by atoms with Crippen molar-refractivity contribution >= 4 is 17.6 Å². The average Bonchev–Trinajstić information content (AvgIpc) is 2.42. The number of ether oxygens (including phenoxy) is 2. The van der Waals surface area contributed by atoms with Gasteiger partial charge in [0.05, 0.1) is 12.3 Å². The molecule has 0 bridgehead atoms. The highest BCUT2D eigenvalue weighted by Crippen LogP contribution is 2.33. The summed E-state index contributed by atoms with van der Waals surface area (Å²) in [5.74, 6) is -0.462. The molecule has 1 aromatic carbocycles. The molecular weight excluding hydrogens is 246 g/mol. The maximum atomic E-state index is 12.3. The molecule has 1 atom stereocenters. The van der Waals surface area contributed by atoms with Gasteiger partial charge in [-0.3, -0.25) is 4.79 Å². The van der Waals surface area contributed by atoms with E-state index in [1.54, 1.807) is 24.0 Å². The third kappa shape index (κ3) is 2.54. The number of carbonyl (C=O) groups is 2. The maximum Gasteiger partial charge on any atom is 0.357 e. The van der Waals surface area contributed by atoms with Crippen molar-refractivity contribution in [2.45, 2.75) is 26.4 Å². The summed E-state index contributed by atoms with van der Waals surface area (Å²) in [6, 6.07) is 7.20. The van der Waals surface area contributed by atoms with Crippen LogP contribution in [-0.2, 0) is 14.3 Å². The lowest BCUT2D eigenvalue weighted by Crippen LogP contribution is -2.50. The number of rotatable bonds is 4. The zero-order valence-electron chi connectivity index (χ0n) is 11.1. The lowest BCUT2D eigenvalue weighted by atomic mass is 10.1. The molecule has 0 aliphatic carbocycles. The van der Waals surface area contributed by atoms with Gasteiger partial charge in [0.2, 0.25) is 0 Å². The standard InChI is InChI=1S/C14H17NO4/c1-3-9-15-10-7-5-6-8-11(10)19-12(13(15)16)14(17)18-4-2/h5-8,12H,3-4,9H2,1-2H3. The van der Waals surface area contributed by atoms with E-state index in [9.17, 15) is 9.59 Å². The Morgan fingerprint density at radius 3 is 2.79 bits per heavy atom. The van der Waals surface area contributed by atoms with Gasteiger partial charge >= 0.3 is 5.97 Å². The van der Waals surface area contributed by atoms with Gasteiger partial charge in [-0.05, 0) is 25.5 Å². The minimum absolute atomic E-state index is 0.224. The molecule has 1 aliphatic rings. The number of hydrogen-bond donors (Lipinski definition) is 0. The fourth-order valence-corrected chi connectivity index (χ4v) is 2.04. The molecule has 0 radical (unpaired) electrons. The summed E-state index contributed by atoms with van der Waals surface area (Å²) in [5.41, 5.74) is 0.704. The summed E-state index contributed by atoms with van der Waals surface area (Å²) in [6.45, 7) is 4.45. The molecular formula is C14H17NO4. The molecule has 102 valence electrons. The summed E-state index contributed by atoms with van der Waals surface area (Å²) in [5, 5.41) is 0. The van der Waals surface area contributed by atoms with Crippen LogP contribution in [0.3, 0.4) is 0 Å². The fourth-order valence-electron chi connectivity index (χ4n) is 2.04. The van der Waals surface area contributed by atoms with Crippen LogP contribution in [0.4, 0.5) is 5.69 Å². The number of para-hydroxylation sites is 2. The minimum atomic E-state index is -1.19. The Hall–Kier alpha value is -2.04. The molecule has 0 N–H and O–H groups in total. The Bertz CT molecular complexity index is 486. The van der Waals surface area contributed by atoms with E-state index in [4.69, 9.17) is 9.47 Å². The summed E-state index contributed by atoms with van der Waals surface area (Å²) in [4.78, 5) is 25.7. The van der Waals surface area contributed by atoms with Crippen LogP contribution in [0.1, 0.15) is 20.3 Å². The molecule has 0 spiro atoms. The Morgan fingerprint density at radius 1 is 1.37 bits per heavy atom. The van der Waals surface area contributed by atoms with Gasteiger partial charge in [0.25, 0.3) is 12.0 Å². The predicted molar refractivity (Wildman–Crippen MR) is 70.1 cm³/mol. The van der Waals surface area contributed by atoms with Crippen LogP contribution in [0.2, 0.25) is 0 Å². The van der Waals surface area contributed by atoms with Gasteiger partial charge < -0.3 is 14.4 Å². The highest BCUT2D eigenvalue weighted by molar-refractivity contribution is 6.11. The van der Waals surface area contributed by atoms with Crippen molar-refractivity contribution in [1.82, 2.24) is 0 Å². The van der Waals surface area contributed by atoms with Crippen LogP contribution in [0.15, 0.2) is 24.3 Å². The van der Waals surface area contributed by atoms with E-state index in [-0.39, 0.29) is 12.5 Å². The van der Waals surface area contributed by atoms with Crippen molar-refractivity contribution in [3.63, 3.8) is 0 Å². The zero-order valence-corrected chi connectivity index (χ0v) is 11.1. The van der Waals surface area contributed by atoms with Crippen molar-refractivity contribution in [1.29, 1.82) is 0 Å². The number of esters is 1. The highest BCUT2D eigenvalue weighted by atomic mass is 16.6. The first-order valence-corrected chi connectivity index (χ1v) is 6.42. The summed E-state index contributed by atoms with van der Waals surface area (Å²) < 4.78 is 10.4. The van der Waals surface area contributed by atoms with E-state index >= 15 is 0 Å². The number of amides is 1. The molecule has 1 unspecified atom stereocenters. The minimum Gasteiger partial charge on any atom is -0.466 e. The van der Waals surface area contributed by atoms with Crippen molar-refractivity contribution < 1.29 is 19.1 Å². The van der Waals surface area contributed by atoms with Crippen LogP contribution in [0.5, 0.6) is 5.75 Å². The lowest BCUT2D eigenvalue weighted by Gasteiger charge is -2.33. The first kappa shape index (κ1) is 13.4. The van der Waals surface area contributed by atoms with Crippen molar-refractivity contribution in [3.8, 4) is 5.75 Å². The molecule has 19 heavy (non-hydrogen) atoms. The lowest BCUT2D eigenvalue weighted by molar-refractivity contribution is -0.156. The second kappa shape index (κ2) is 5.73. The molecule has 1 aliphatic heterocycles. The Kier molecular flexibility index (Phi) is 4.04. The van der Waals surface area contributed by atoms with Crippen LogP contribution < -0.4 is 9.64 Å². The number of fused-ring (bicyclic) bond motifs is 1. The third-order valence-corrected chi connectivity index (χ3v) is 2.84. The smallest absolute Gasteiger partial charge is 0.357 e. The van der Waals surface area contributed by atoms with Crippen molar-refractivity contribution in [3.05, 3.63) is 24.3 Å². The fraction of sp³-hybridized carbons (Fsp3) is 0.429. The van der Waals surface area contributed by atoms with E-state index in [2.05, 4.69) is 0 Å². The molecule has 0 fully saturated rings. The van der Waals surface area contributed by atoms with Gasteiger partial charge in [0, 0.05) is 6.54 Å². The van der Waals surface area contributed by atoms with Gasteiger partial charge in [-0.25, -0.2) is 4.79 Å². The molecule has 1 aromatic rings. The van der Waals surface area contributed by atoms with Gasteiger partial charge in [-0.2, -0.15) is 0 Å². The molecule has 0 aromatic heterocycles. The summed E-state index contributed by atoms with van der Waals surface area (Å²) >= 11 is 0. The summed E-state index contributed by atoms with van der Waals surface area (Å²) in [7, 11) is 0. The normalized spacial score (nSPS) is 17.7. The number of hydrogen-bond acceptors (Lipinski definition) is 4. The molecule has 0 saturated heterocycles. The molecule has 5 nitrogen and oxygen atoms in total. The molecule has 2 rings (SSSR count). The first-order valence-electron chi connectivity index (χ1n) is 6.42. The van der Waals surface area contributed by atoms with Crippen LogP contribution in [-0.4, -0.2) is 31.1 Å². The van der Waals surface area contributed by atoms with Crippen molar-refractivity contribution in [2.75, 3.05) is 18.1 Å². The first-order chi connectivity index (χ1) is 9.19. The number of benzene rings is 1.